The van der Waals surface area contributed by atoms with Crippen LogP contribution in [0.5, 0.6) is 0 Å². The molecule has 0 radical (unpaired) electrons. The molecule has 8 heteroatoms. The minimum atomic E-state index is -0.591. The van der Waals surface area contributed by atoms with Crippen molar-refractivity contribution < 1.29 is 18.9 Å². The maximum Gasteiger partial charge on any atom is 0.270 e. The molecule has 0 fully saturated rings. The quantitative estimate of drug-likeness (QED) is 0.401. The second-order valence-corrected chi connectivity index (χ2v) is 5.74. The molecule has 2 amide bonds. The number of carbonyl (C=O) groups excluding carboxylic acids is 2. The molecule has 1 aromatic heterocycles. The molecule has 1 aliphatic rings. The normalized spacial score (nSPS) is 12.8. The molecule has 0 saturated heterocycles. The molecule has 2 heterocycles. The number of hydrogen-bond donors (Lipinski definition) is 0. The zero-order chi connectivity index (χ0) is 19.1. The van der Waals surface area contributed by atoms with E-state index in [-0.39, 0.29) is 34.0 Å². The molecule has 130 valence electrons. The van der Waals surface area contributed by atoms with E-state index in [4.69, 9.17) is 4.42 Å². The number of benzene rings is 2. The number of nitriles is 1. The van der Waals surface area contributed by atoms with Crippen LogP contribution in [0.3, 0.4) is 0 Å². The van der Waals surface area contributed by atoms with Crippen LogP contribution in [0.1, 0.15) is 26.3 Å². The predicted molar refractivity (Wildman–Crippen MR) is 93.1 cm³/mol. The molecule has 8 nitrogen and oxygen atoms in total. The minimum absolute atomic E-state index is 0.0222. The molecule has 0 saturated carbocycles. The number of anilines is 1. The molecule has 4 rings (SSSR count). The first-order valence-electron chi connectivity index (χ1n) is 7.78. The van der Waals surface area contributed by atoms with Crippen LogP contribution in [0.15, 0.2) is 59.0 Å². The zero-order valence-corrected chi connectivity index (χ0v) is 13.6. The Hall–Kier alpha value is -4.25. The summed E-state index contributed by atoms with van der Waals surface area (Å²) in [7, 11) is 0. The lowest BCUT2D eigenvalue weighted by Gasteiger charge is -2.10. The monoisotopic (exact) mass is 359 g/mol. The Balaban J connectivity index is 1.82. The highest BCUT2D eigenvalue weighted by molar-refractivity contribution is 6.34. The Morgan fingerprint density at radius 2 is 1.67 bits per heavy atom. The topological polar surface area (TPSA) is 117 Å². The summed E-state index contributed by atoms with van der Waals surface area (Å²) in [5.74, 6) is -1.24. The third kappa shape index (κ3) is 2.46. The van der Waals surface area contributed by atoms with Crippen LogP contribution in [0, 0.1) is 21.4 Å². The Labute approximate surface area is 152 Å². The van der Waals surface area contributed by atoms with Crippen molar-refractivity contribution in [1.82, 2.24) is 0 Å². The lowest BCUT2D eigenvalue weighted by Crippen LogP contribution is -2.29. The van der Waals surface area contributed by atoms with Crippen LogP contribution in [0.4, 0.5) is 11.6 Å². The lowest BCUT2D eigenvalue weighted by atomic mass is 10.1. The van der Waals surface area contributed by atoms with Gasteiger partial charge in [-0.05, 0) is 12.1 Å². The average molecular weight is 359 g/mol. The molecule has 0 aliphatic carbocycles. The van der Waals surface area contributed by atoms with Crippen LogP contribution < -0.4 is 4.90 Å². The summed E-state index contributed by atoms with van der Waals surface area (Å²) in [4.78, 5) is 36.4. The summed E-state index contributed by atoms with van der Waals surface area (Å²) in [6.07, 6.45) is 0. The number of carbonyl (C=O) groups is 2. The van der Waals surface area contributed by atoms with Crippen molar-refractivity contribution in [3.05, 3.63) is 81.4 Å². The van der Waals surface area contributed by atoms with Crippen molar-refractivity contribution in [2.24, 2.45) is 0 Å². The van der Waals surface area contributed by atoms with Crippen LogP contribution in [0.2, 0.25) is 0 Å². The van der Waals surface area contributed by atoms with Gasteiger partial charge in [0.2, 0.25) is 5.88 Å². The molecule has 0 unspecified atom stereocenters. The predicted octanol–water partition coefficient (Wildman–Crippen LogP) is 3.53. The third-order valence-corrected chi connectivity index (χ3v) is 4.17. The lowest BCUT2D eigenvalue weighted by molar-refractivity contribution is -0.384. The number of hydrogen-bond acceptors (Lipinski definition) is 6. The van der Waals surface area contributed by atoms with Gasteiger partial charge in [-0.3, -0.25) is 19.7 Å². The van der Waals surface area contributed by atoms with Gasteiger partial charge in [0.25, 0.3) is 17.5 Å². The van der Waals surface area contributed by atoms with Gasteiger partial charge in [-0.15, -0.1) is 0 Å². The number of non-ortho nitro benzene ring substituents is 1. The van der Waals surface area contributed by atoms with E-state index in [0.717, 1.165) is 4.90 Å². The van der Waals surface area contributed by atoms with Crippen molar-refractivity contribution in [2.75, 3.05) is 4.90 Å². The molecule has 1 aliphatic heterocycles. The summed E-state index contributed by atoms with van der Waals surface area (Å²) >= 11 is 0. The standard InChI is InChI=1S/C19H9N3O5/c20-10-12-9-16(11-4-3-5-13(8-11)22(25)26)27-19(12)21-17(23)14-6-1-2-7-15(14)18(21)24/h1-9H. The third-order valence-electron chi connectivity index (χ3n) is 4.17. The van der Waals surface area contributed by atoms with Gasteiger partial charge in [0.1, 0.15) is 17.4 Å². The SMILES string of the molecule is N#Cc1cc(-c2cccc([N+](=O)[O-])c2)oc1N1C(=O)c2ccccc2C1=O. The first-order chi connectivity index (χ1) is 13.0. The number of nitrogens with zero attached hydrogens (tertiary/aromatic N) is 3. The van der Waals surface area contributed by atoms with E-state index in [9.17, 15) is 25.0 Å². The molecule has 0 atom stereocenters. The van der Waals surface area contributed by atoms with Gasteiger partial charge in [0.15, 0.2) is 0 Å². The Kier molecular flexibility index (Phi) is 3.56. The van der Waals surface area contributed by atoms with E-state index in [1.165, 1.54) is 36.4 Å². The van der Waals surface area contributed by atoms with Crippen LogP contribution >= 0.6 is 0 Å². The van der Waals surface area contributed by atoms with Crippen LogP contribution in [0.25, 0.3) is 11.3 Å². The van der Waals surface area contributed by atoms with Crippen LogP contribution in [-0.4, -0.2) is 16.7 Å². The summed E-state index contributed by atoms with van der Waals surface area (Å²) in [6.45, 7) is 0. The van der Waals surface area contributed by atoms with Gasteiger partial charge >= 0.3 is 0 Å². The number of amides is 2. The number of fused-ring (bicyclic) bond motifs is 1. The molecular weight excluding hydrogens is 350 g/mol. The summed E-state index contributed by atoms with van der Waals surface area (Å²) in [5, 5.41) is 20.4. The number of rotatable bonds is 3. The fraction of sp³-hybridized carbons (Fsp3) is 0. The number of furan rings is 1. The summed E-state index contributed by atoms with van der Waals surface area (Å²) in [5.41, 5.74) is 0.624. The number of nitro benzene ring substituents is 1. The van der Waals surface area contributed by atoms with E-state index in [0.29, 0.717) is 5.56 Å². The van der Waals surface area contributed by atoms with Crippen molar-refractivity contribution in [3.8, 4) is 17.4 Å². The van der Waals surface area contributed by atoms with Gasteiger partial charge in [0, 0.05) is 23.8 Å². The highest BCUT2D eigenvalue weighted by Gasteiger charge is 2.39. The molecular formula is C19H9N3O5. The van der Waals surface area contributed by atoms with E-state index >= 15 is 0 Å². The molecule has 3 aromatic rings. The fourth-order valence-electron chi connectivity index (χ4n) is 2.92. The Morgan fingerprint density at radius 1 is 1.00 bits per heavy atom. The maximum absolute atomic E-state index is 12.6. The van der Waals surface area contributed by atoms with E-state index in [1.54, 1.807) is 18.2 Å². The van der Waals surface area contributed by atoms with Gasteiger partial charge < -0.3 is 4.42 Å². The average Bonchev–Trinajstić information content (AvgIpc) is 3.21. The molecule has 2 aromatic carbocycles. The van der Waals surface area contributed by atoms with E-state index in [1.807, 2.05) is 6.07 Å². The summed E-state index contributed by atoms with van der Waals surface area (Å²) in [6, 6.07) is 15.2. The molecule has 27 heavy (non-hydrogen) atoms. The smallest absolute Gasteiger partial charge is 0.270 e. The highest BCUT2D eigenvalue weighted by Crippen LogP contribution is 2.36. The van der Waals surface area contributed by atoms with Crippen molar-refractivity contribution in [2.45, 2.75) is 0 Å². The second-order valence-electron chi connectivity index (χ2n) is 5.74. The van der Waals surface area contributed by atoms with Gasteiger partial charge in [-0.1, -0.05) is 24.3 Å². The van der Waals surface area contributed by atoms with Crippen molar-refractivity contribution in [3.63, 3.8) is 0 Å². The maximum atomic E-state index is 12.6. The largest absolute Gasteiger partial charge is 0.438 e. The van der Waals surface area contributed by atoms with Gasteiger partial charge in [-0.25, -0.2) is 4.90 Å². The van der Waals surface area contributed by atoms with Gasteiger partial charge in [-0.2, -0.15) is 5.26 Å². The minimum Gasteiger partial charge on any atom is -0.438 e. The molecule has 0 spiro atoms. The van der Waals surface area contributed by atoms with Crippen molar-refractivity contribution in [1.29, 1.82) is 5.26 Å². The van der Waals surface area contributed by atoms with E-state index in [2.05, 4.69) is 0 Å². The Bertz CT molecular complexity index is 1140. The first kappa shape index (κ1) is 16.2. The molecule has 0 bridgehead atoms. The molecule has 0 N–H and O–H groups in total. The summed E-state index contributed by atoms with van der Waals surface area (Å²) < 4.78 is 5.62. The first-order valence-corrected chi connectivity index (χ1v) is 7.78. The highest BCUT2D eigenvalue weighted by atomic mass is 16.6. The zero-order valence-electron chi connectivity index (χ0n) is 13.6. The number of imide groups is 1. The van der Waals surface area contributed by atoms with Crippen molar-refractivity contribution >= 4 is 23.4 Å². The second kappa shape index (κ2) is 5.93. The number of nitro groups is 1. The fourth-order valence-corrected chi connectivity index (χ4v) is 2.92. The van der Waals surface area contributed by atoms with Gasteiger partial charge in [0.05, 0.1) is 16.1 Å². The van der Waals surface area contributed by atoms with E-state index < -0.39 is 16.7 Å². The Morgan fingerprint density at radius 3 is 2.26 bits per heavy atom. The van der Waals surface area contributed by atoms with Crippen LogP contribution in [-0.2, 0) is 0 Å².